The SMILES string of the molecule is O=CC1CCN(c2nccc3cc4c(cc23)OCO4)CC1. The molecule has 2 aromatic rings. The predicted octanol–water partition coefficient (Wildman–Crippen LogP) is 2.38. The number of hydrogen-bond acceptors (Lipinski definition) is 5. The minimum atomic E-state index is 0.192. The minimum Gasteiger partial charge on any atom is -0.454 e. The van der Waals surface area contributed by atoms with Crippen LogP contribution in [-0.4, -0.2) is 31.2 Å². The van der Waals surface area contributed by atoms with Gasteiger partial charge in [-0.25, -0.2) is 4.98 Å². The number of carbonyl (C=O) groups is 1. The van der Waals surface area contributed by atoms with E-state index in [1.807, 2.05) is 24.4 Å². The molecule has 1 aromatic carbocycles. The molecule has 108 valence electrons. The second kappa shape index (κ2) is 4.91. The van der Waals surface area contributed by atoms with Gasteiger partial charge in [0.1, 0.15) is 12.1 Å². The molecule has 0 N–H and O–H groups in total. The Labute approximate surface area is 122 Å². The summed E-state index contributed by atoms with van der Waals surface area (Å²) in [6.45, 7) is 2.01. The van der Waals surface area contributed by atoms with Gasteiger partial charge in [0.15, 0.2) is 11.5 Å². The van der Waals surface area contributed by atoms with Crippen LogP contribution in [-0.2, 0) is 4.79 Å². The summed E-state index contributed by atoms with van der Waals surface area (Å²) in [5.74, 6) is 2.73. The highest BCUT2D eigenvalue weighted by Gasteiger charge is 2.22. The largest absolute Gasteiger partial charge is 0.454 e. The molecule has 0 saturated carbocycles. The first-order valence-electron chi connectivity index (χ1n) is 7.24. The molecule has 0 unspecified atom stereocenters. The number of benzene rings is 1. The molecular weight excluding hydrogens is 268 g/mol. The number of ether oxygens (including phenoxy) is 2. The maximum Gasteiger partial charge on any atom is 0.231 e. The van der Waals surface area contributed by atoms with E-state index in [9.17, 15) is 4.79 Å². The Morgan fingerprint density at radius 2 is 1.95 bits per heavy atom. The van der Waals surface area contributed by atoms with Crippen molar-refractivity contribution in [3.8, 4) is 11.5 Å². The van der Waals surface area contributed by atoms with E-state index in [0.717, 1.165) is 60.3 Å². The van der Waals surface area contributed by atoms with E-state index in [-0.39, 0.29) is 12.7 Å². The standard InChI is InChI=1S/C16H16N2O3/c19-9-11-2-5-18(6-3-11)16-13-8-15-14(20-10-21-15)7-12(13)1-4-17-16/h1,4,7-9,11H,2-3,5-6,10H2. The van der Waals surface area contributed by atoms with Gasteiger partial charge in [0, 0.05) is 30.6 Å². The molecule has 2 aliphatic heterocycles. The van der Waals surface area contributed by atoms with Crippen LogP contribution in [0.2, 0.25) is 0 Å². The normalized spacial score (nSPS) is 18.2. The van der Waals surface area contributed by atoms with Crippen LogP contribution < -0.4 is 14.4 Å². The molecule has 1 saturated heterocycles. The first-order valence-corrected chi connectivity index (χ1v) is 7.24. The summed E-state index contributed by atoms with van der Waals surface area (Å²) in [7, 11) is 0. The average molecular weight is 284 g/mol. The zero-order valence-electron chi connectivity index (χ0n) is 11.6. The second-order valence-corrected chi connectivity index (χ2v) is 5.52. The summed E-state index contributed by atoms with van der Waals surface area (Å²) < 4.78 is 10.9. The molecule has 4 rings (SSSR count). The van der Waals surface area contributed by atoms with E-state index < -0.39 is 0 Å². The third-order valence-electron chi connectivity index (χ3n) is 4.27. The highest BCUT2D eigenvalue weighted by molar-refractivity contribution is 5.94. The summed E-state index contributed by atoms with van der Waals surface area (Å²) in [6.07, 6.45) is 4.69. The van der Waals surface area contributed by atoms with Gasteiger partial charge in [-0.3, -0.25) is 0 Å². The Balaban J connectivity index is 1.73. The van der Waals surface area contributed by atoms with Gasteiger partial charge in [0.2, 0.25) is 6.79 Å². The number of rotatable bonds is 2. The van der Waals surface area contributed by atoms with Crippen molar-refractivity contribution in [3.63, 3.8) is 0 Å². The zero-order chi connectivity index (χ0) is 14.2. The van der Waals surface area contributed by atoms with Crippen LogP contribution in [0.1, 0.15) is 12.8 Å². The molecule has 0 aliphatic carbocycles. The van der Waals surface area contributed by atoms with Gasteiger partial charge in [-0.05, 0) is 36.4 Å². The van der Waals surface area contributed by atoms with Gasteiger partial charge in [-0.15, -0.1) is 0 Å². The topological polar surface area (TPSA) is 51.7 Å². The van der Waals surface area contributed by atoms with E-state index >= 15 is 0 Å². The summed E-state index contributed by atoms with van der Waals surface area (Å²) >= 11 is 0. The highest BCUT2D eigenvalue weighted by Crippen LogP contribution is 2.39. The maximum atomic E-state index is 10.9. The van der Waals surface area contributed by atoms with Crippen molar-refractivity contribution in [2.75, 3.05) is 24.8 Å². The molecule has 0 radical (unpaired) electrons. The molecule has 21 heavy (non-hydrogen) atoms. The van der Waals surface area contributed by atoms with Crippen molar-refractivity contribution in [2.24, 2.45) is 5.92 Å². The van der Waals surface area contributed by atoms with Gasteiger partial charge in [0.25, 0.3) is 0 Å². The van der Waals surface area contributed by atoms with E-state index in [2.05, 4.69) is 9.88 Å². The molecule has 5 nitrogen and oxygen atoms in total. The molecule has 5 heteroatoms. The van der Waals surface area contributed by atoms with E-state index in [1.54, 1.807) is 0 Å². The molecular formula is C16H16N2O3. The quantitative estimate of drug-likeness (QED) is 0.792. The smallest absolute Gasteiger partial charge is 0.231 e. The van der Waals surface area contributed by atoms with Gasteiger partial charge in [-0.1, -0.05) is 0 Å². The zero-order valence-corrected chi connectivity index (χ0v) is 11.6. The number of anilines is 1. The molecule has 2 aliphatic rings. The molecule has 0 bridgehead atoms. The number of nitrogens with zero attached hydrogens (tertiary/aromatic N) is 2. The van der Waals surface area contributed by atoms with Crippen molar-refractivity contribution < 1.29 is 14.3 Å². The molecule has 3 heterocycles. The lowest BCUT2D eigenvalue weighted by Gasteiger charge is -2.31. The molecule has 1 fully saturated rings. The van der Waals surface area contributed by atoms with Crippen LogP contribution in [0.3, 0.4) is 0 Å². The summed E-state index contributed by atoms with van der Waals surface area (Å²) in [5.41, 5.74) is 0. The lowest BCUT2D eigenvalue weighted by molar-refractivity contribution is -0.111. The predicted molar refractivity (Wildman–Crippen MR) is 78.9 cm³/mol. The van der Waals surface area contributed by atoms with Crippen LogP contribution in [0.4, 0.5) is 5.82 Å². The number of fused-ring (bicyclic) bond motifs is 2. The fourth-order valence-electron chi connectivity index (χ4n) is 3.05. The molecule has 0 atom stereocenters. The molecule has 1 aromatic heterocycles. The summed E-state index contributed by atoms with van der Waals surface area (Å²) in [6, 6.07) is 5.99. The minimum absolute atomic E-state index is 0.192. The number of aldehydes is 1. The van der Waals surface area contributed by atoms with Gasteiger partial charge in [0.05, 0.1) is 0 Å². The average Bonchev–Trinajstić information content (AvgIpc) is 2.99. The lowest BCUT2D eigenvalue weighted by Crippen LogP contribution is -2.34. The Bertz CT molecular complexity index is 693. The Kier molecular flexibility index (Phi) is 2.91. The van der Waals surface area contributed by atoms with Crippen LogP contribution in [0.25, 0.3) is 10.8 Å². The van der Waals surface area contributed by atoms with Crippen LogP contribution >= 0.6 is 0 Å². The van der Waals surface area contributed by atoms with Crippen molar-refractivity contribution in [1.82, 2.24) is 4.98 Å². The fourth-order valence-corrected chi connectivity index (χ4v) is 3.05. The van der Waals surface area contributed by atoms with Crippen LogP contribution in [0, 0.1) is 5.92 Å². The van der Waals surface area contributed by atoms with E-state index in [0.29, 0.717) is 0 Å². The highest BCUT2D eigenvalue weighted by atomic mass is 16.7. The van der Waals surface area contributed by atoms with Crippen molar-refractivity contribution in [2.45, 2.75) is 12.8 Å². The third-order valence-corrected chi connectivity index (χ3v) is 4.27. The Hall–Kier alpha value is -2.30. The number of pyridine rings is 1. The fraction of sp³-hybridized carbons (Fsp3) is 0.375. The first kappa shape index (κ1) is 12.4. The number of aromatic nitrogens is 1. The summed E-state index contributed by atoms with van der Waals surface area (Å²) in [5, 5.41) is 2.17. The van der Waals surface area contributed by atoms with Crippen molar-refractivity contribution >= 4 is 22.9 Å². The van der Waals surface area contributed by atoms with Crippen molar-refractivity contribution in [3.05, 3.63) is 24.4 Å². The second-order valence-electron chi connectivity index (χ2n) is 5.52. The van der Waals surface area contributed by atoms with Crippen molar-refractivity contribution in [1.29, 1.82) is 0 Å². The van der Waals surface area contributed by atoms with Gasteiger partial charge >= 0.3 is 0 Å². The lowest BCUT2D eigenvalue weighted by atomic mass is 9.98. The maximum absolute atomic E-state index is 10.9. The Morgan fingerprint density at radius 1 is 1.19 bits per heavy atom. The molecule has 0 amide bonds. The van der Waals surface area contributed by atoms with E-state index in [4.69, 9.17) is 9.47 Å². The third kappa shape index (κ3) is 2.09. The monoisotopic (exact) mass is 284 g/mol. The Morgan fingerprint density at radius 3 is 2.71 bits per heavy atom. The summed E-state index contributed by atoms with van der Waals surface area (Å²) in [4.78, 5) is 17.7. The van der Waals surface area contributed by atoms with Crippen LogP contribution in [0.5, 0.6) is 11.5 Å². The number of piperidine rings is 1. The number of hydrogen-bond donors (Lipinski definition) is 0. The number of carbonyl (C=O) groups excluding carboxylic acids is 1. The first-order chi connectivity index (χ1) is 10.3. The van der Waals surface area contributed by atoms with Crippen LogP contribution in [0.15, 0.2) is 24.4 Å². The van der Waals surface area contributed by atoms with Gasteiger partial charge in [-0.2, -0.15) is 0 Å². The van der Waals surface area contributed by atoms with Gasteiger partial charge < -0.3 is 19.2 Å². The molecule has 0 spiro atoms. The van der Waals surface area contributed by atoms with E-state index in [1.165, 1.54) is 0 Å².